The zero-order valence-corrected chi connectivity index (χ0v) is 22.2. The minimum atomic E-state index is -0.0191. The van der Waals surface area contributed by atoms with Gasteiger partial charge in [-0.1, -0.05) is 48.8 Å². The fraction of sp³-hybridized carbons (Fsp3) is 0.400. The monoisotopic (exact) mass is 527 g/mol. The summed E-state index contributed by atoms with van der Waals surface area (Å²) in [5, 5.41) is 11.5. The number of hydrogen-bond acceptors (Lipinski definition) is 6. The number of carbonyl (C=O) groups excluding carboxylic acids is 2. The molecule has 3 N–H and O–H groups in total. The minimum absolute atomic E-state index is 0.0191. The number of rotatable bonds is 7. The van der Waals surface area contributed by atoms with Crippen LogP contribution in [0.4, 0.5) is 10.8 Å². The maximum absolute atomic E-state index is 13.1. The first-order chi connectivity index (χ1) is 18.6. The van der Waals surface area contributed by atoms with Gasteiger partial charge in [-0.3, -0.25) is 14.6 Å². The third-order valence-electron chi connectivity index (χ3n) is 7.90. The van der Waals surface area contributed by atoms with Crippen molar-refractivity contribution in [3.63, 3.8) is 0 Å². The average Bonchev–Trinajstić information content (AvgIpc) is 3.62. The Kier molecular flexibility index (Phi) is 7.33. The predicted molar refractivity (Wildman–Crippen MR) is 153 cm³/mol. The largest absolute Gasteiger partial charge is 0.326 e. The molecule has 0 bridgehead atoms. The van der Waals surface area contributed by atoms with Crippen LogP contribution in [0.25, 0.3) is 21.1 Å². The Balaban J connectivity index is 1.04. The topological polar surface area (TPSA) is 96.0 Å². The second-order valence-corrected chi connectivity index (χ2v) is 11.7. The quantitative estimate of drug-likeness (QED) is 0.264. The molecule has 196 valence electrons. The van der Waals surface area contributed by atoms with Crippen LogP contribution < -0.4 is 16.0 Å². The van der Waals surface area contributed by atoms with E-state index < -0.39 is 0 Å². The van der Waals surface area contributed by atoms with Crippen LogP contribution in [0, 0.1) is 11.8 Å². The number of nitrogens with one attached hydrogen (secondary N) is 3. The molecule has 0 radical (unpaired) electrons. The van der Waals surface area contributed by atoms with Crippen LogP contribution in [0.5, 0.6) is 0 Å². The molecular formula is C30H33N5O2S. The van der Waals surface area contributed by atoms with Gasteiger partial charge >= 0.3 is 0 Å². The van der Waals surface area contributed by atoms with Crippen LogP contribution in [0.1, 0.15) is 56.9 Å². The van der Waals surface area contributed by atoms with Crippen molar-refractivity contribution in [3.8, 4) is 0 Å². The van der Waals surface area contributed by atoms with E-state index in [0.29, 0.717) is 11.2 Å². The zero-order valence-electron chi connectivity index (χ0n) is 21.4. The van der Waals surface area contributed by atoms with Crippen LogP contribution in [-0.4, -0.2) is 27.8 Å². The highest BCUT2D eigenvalue weighted by Crippen LogP contribution is 2.32. The van der Waals surface area contributed by atoms with Crippen LogP contribution in [0.3, 0.4) is 0 Å². The molecule has 2 amide bonds. The maximum Gasteiger partial charge on any atom is 0.229 e. The lowest BCUT2D eigenvalue weighted by Crippen LogP contribution is -2.37. The van der Waals surface area contributed by atoms with Gasteiger partial charge in [-0.25, -0.2) is 4.98 Å². The van der Waals surface area contributed by atoms with E-state index in [0.717, 1.165) is 90.3 Å². The van der Waals surface area contributed by atoms with Crippen molar-refractivity contribution >= 4 is 55.1 Å². The third-order valence-corrected chi connectivity index (χ3v) is 8.83. The van der Waals surface area contributed by atoms with Crippen molar-refractivity contribution in [2.45, 2.75) is 64.0 Å². The Morgan fingerprint density at radius 2 is 1.68 bits per heavy atom. The van der Waals surface area contributed by atoms with Crippen molar-refractivity contribution in [1.29, 1.82) is 0 Å². The Labute approximate surface area is 226 Å². The summed E-state index contributed by atoms with van der Waals surface area (Å²) in [5.74, 6) is 0.235. The smallest absolute Gasteiger partial charge is 0.229 e. The Morgan fingerprint density at radius 3 is 2.58 bits per heavy atom. The van der Waals surface area contributed by atoms with E-state index in [1.165, 1.54) is 11.3 Å². The summed E-state index contributed by atoms with van der Waals surface area (Å²) >= 11 is 1.46. The zero-order chi connectivity index (χ0) is 25.9. The number of thiazole rings is 1. The van der Waals surface area contributed by atoms with E-state index >= 15 is 0 Å². The molecule has 2 aromatic heterocycles. The Bertz CT molecular complexity index is 1460. The average molecular weight is 528 g/mol. The van der Waals surface area contributed by atoms with Crippen molar-refractivity contribution < 1.29 is 9.59 Å². The number of fused-ring (bicyclic) bond motifs is 2. The van der Waals surface area contributed by atoms with Crippen molar-refractivity contribution in [2.75, 3.05) is 10.6 Å². The van der Waals surface area contributed by atoms with Gasteiger partial charge in [0.2, 0.25) is 11.8 Å². The van der Waals surface area contributed by atoms with Gasteiger partial charge in [0.15, 0.2) is 5.13 Å². The van der Waals surface area contributed by atoms with Gasteiger partial charge < -0.3 is 16.0 Å². The van der Waals surface area contributed by atoms with Gasteiger partial charge in [0.05, 0.1) is 15.7 Å². The van der Waals surface area contributed by atoms with Crippen molar-refractivity contribution in [1.82, 2.24) is 15.3 Å². The highest BCUT2D eigenvalue weighted by Gasteiger charge is 2.27. The van der Waals surface area contributed by atoms with E-state index in [9.17, 15) is 9.59 Å². The van der Waals surface area contributed by atoms with Crippen LogP contribution in [0.15, 0.2) is 54.7 Å². The summed E-state index contributed by atoms with van der Waals surface area (Å²) in [7, 11) is 0. The molecule has 6 rings (SSSR count). The molecule has 0 saturated heterocycles. The fourth-order valence-corrected chi connectivity index (χ4v) is 6.69. The number of anilines is 2. The van der Waals surface area contributed by atoms with E-state index in [-0.39, 0.29) is 23.7 Å². The lowest BCUT2D eigenvalue weighted by molar-refractivity contribution is -0.121. The molecule has 0 spiro atoms. The van der Waals surface area contributed by atoms with Crippen LogP contribution in [0.2, 0.25) is 0 Å². The number of amides is 2. The second-order valence-electron chi connectivity index (χ2n) is 10.6. The SMILES string of the molecule is O=C(Nc1nc2ccc(NC(=O)[C@@H]3CCC[C@H](NCc4cnc5ccccc5c4)C3)cc2s1)C1CCCC1. The molecule has 2 aliphatic rings. The maximum atomic E-state index is 13.1. The van der Waals surface area contributed by atoms with Gasteiger partial charge in [-0.05, 0) is 68.0 Å². The first kappa shape index (κ1) is 24.9. The summed E-state index contributed by atoms with van der Waals surface area (Å²) in [4.78, 5) is 34.8. The summed E-state index contributed by atoms with van der Waals surface area (Å²) in [5.41, 5.74) is 3.77. The lowest BCUT2D eigenvalue weighted by Gasteiger charge is -2.29. The number of aromatic nitrogens is 2. The molecule has 0 unspecified atom stereocenters. The predicted octanol–water partition coefficient (Wildman–Crippen LogP) is 6.26. The molecule has 4 aromatic rings. The highest BCUT2D eigenvalue weighted by atomic mass is 32.1. The van der Waals surface area contributed by atoms with E-state index in [1.54, 1.807) is 0 Å². The summed E-state index contributed by atoms with van der Waals surface area (Å²) in [6.07, 6.45) is 9.95. The van der Waals surface area contributed by atoms with Crippen molar-refractivity contribution in [2.24, 2.45) is 11.8 Å². The minimum Gasteiger partial charge on any atom is -0.326 e. The molecule has 2 fully saturated rings. The summed E-state index contributed by atoms with van der Waals surface area (Å²) in [6, 6.07) is 16.4. The number of benzene rings is 2. The van der Waals surface area contributed by atoms with Gasteiger partial charge in [-0.15, -0.1) is 0 Å². The first-order valence-corrected chi connectivity index (χ1v) is 14.5. The molecule has 38 heavy (non-hydrogen) atoms. The van der Waals surface area contributed by atoms with Crippen molar-refractivity contribution in [3.05, 3.63) is 60.3 Å². The van der Waals surface area contributed by atoms with Gasteiger partial charge in [-0.2, -0.15) is 0 Å². The highest BCUT2D eigenvalue weighted by molar-refractivity contribution is 7.22. The molecular weight excluding hydrogens is 494 g/mol. The van der Waals surface area contributed by atoms with E-state index in [4.69, 9.17) is 0 Å². The molecule has 2 aromatic carbocycles. The normalized spacial score (nSPS) is 20.1. The van der Waals surface area contributed by atoms with Crippen LogP contribution in [-0.2, 0) is 16.1 Å². The summed E-state index contributed by atoms with van der Waals surface area (Å²) in [6.45, 7) is 0.749. The second kappa shape index (κ2) is 11.2. The third kappa shape index (κ3) is 5.71. The van der Waals surface area contributed by atoms with E-state index in [1.807, 2.05) is 42.6 Å². The van der Waals surface area contributed by atoms with Gasteiger partial charge in [0.1, 0.15) is 0 Å². The molecule has 2 aliphatic carbocycles. The number of pyridine rings is 1. The standard InChI is InChI=1S/C30H33N5O2S/c36-28(20-6-1-2-7-20)35-30-34-26-13-12-24(16-27(26)38-30)33-29(37)22-9-5-10-23(15-22)31-17-19-14-21-8-3-4-11-25(21)32-18-19/h3-4,8,11-14,16,18,20,22-23,31H,1-2,5-7,9-10,15,17H2,(H,33,37)(H,34,35,36)/t22-,23+/m1/s1. The van der Waals surface area contributed by atoms with E-state index in [2.05, 4.69) is 38.1 Å². The molecule has 2 saturated carbocycles. The summed E-state index contributed by atoms with van der Waals surface area (Å²) < 4.78 is 0.955. The Hall–Kier alpha value is -3.36. The molecule has 2 heterocycles. The van der Waals surface area contributed by atoms with Gasteiger partial charge in [0, 0.05) is 41.7 Å². The number of para-hydroxylation sites is 1. The van der Waals surface area contributed by atoms with Gasteiger partial charge in [0.25, 0.3) is 0 Å². The first-order valence-electron chi connectivity index (χ1n) is 13.7. The molecule has 2 atom stereocenters. The fourth-order valence-electron chi connectivity index (χ4n) is 5.78. The lowest BCUT2D eigenvalue weighted by atomic mass is 9.85. The molecule has 7 nitrogen and oxygen atoms in total. The number of hydrogen-bond donors (Lipinski definition) is 3. The Morgan fingerprint density at radius 1 is 0.868 bits per heavy atom. The number of carbonyl (C=O) groups is 2. The van der Waals surface area contributed by atoms with Crippen LogP contribution >= 0.6 is 11.3 Å². The number of nitrogens with zero attached hydrogens (tertiary/aromatic N) is 2. The molecule has 0 aliphatic heterocycles. The molecule has 8 heteroatoms.